The number of benzene rings is 1. The van der Waals surface area contributed by atoms with E-state index in [2.05, 4.69) is 11.7 Å². The van der Waals surface area contributed by atoms with Gasteiger partial charge in [-0.15, -0.1) is 13.2 Å². The van der Waals surface area contributed by atoms with Crippen molar-refractivity contribution < 1.29 is 45.7 Å². The van der Waals surface area contributed by atoms with Crippen LogP contribution in [-0.4, -0.2) is 40.6 Å². The molecule has 0 aromatic heterocycles. The summed E-state index contributed by atoms with van der Waals surface area (Å²) in [6.45, 7) is 3.68. The van der Waals surface area contributed by atoms with Crippen LogP contribution in [0.3, 0.4) is 0 Å². The molecule has 2 aliphatic rings. The summed E-state index contributed by atoms with van der Waals surface area (Å²) in [6.07, 6.45) is 1.50. The van der Waals surface area contributed by atoms with Crippen LogP contribution < -0.4 is 9.47 Å². The predicted molar refractivity (Wildman–Crippen MR) is 121 cm³/mol. The summed E-state index contributed by atoms with van der Waals surface area (Å²) in [5, 5.41) is 0. The van der Waals surface area contributed by atoms with E-state index >= 15 is 0 Å². The van der Waals surface area contributed by atoms with E-state index in [-0.39, 0.29) is 6.29 Å². The maximum atomic E-state index is 13.8. The Bertz CT molecular complexity index is 798. The van der Waals surface area contributed by atoms with Gasteiger partial charge in [0, 0.05) is 26.8 Å². The van der Waals surface area contributed by atoms with Crippen LogP contribution in [0.25, 0.3) is 0 Å². The average molecular weight is 525 g/mol. The minimum Gasteiger partial charge on any atom is -0.426 e. The molecule has 0 spiro atoms. The van der Waals surface area contributed by atoms with Gasteiger partial charge in [-0.2, -0.15) is 0 Å². The van der Waals surface area contributed by atoms with Crippen molar-refractivity contribution in [3.8, 4) is 11.5 Å². The van der Waals surface area contributed by atoms with Crippen LogP contribution in [0.2, 0.25) is 18.1 Å². The topological polar surface area (TPSA) is 54.0 Å². The van der Waals surface area contributed by atoms with Gasteiger partial charge in [-0.25, -0.2) is 8.78 Å². The zero-order valence-electron chi connectivity index (χ0n) is 19.9. The van der Waals surface area contributed by atoms with Gasteiger partial charge in [0.15, 0.2) is 17.9 Å². The molecule has 0 radical (unpaired) electrons. The van der Waals surface area contributed by atoms with Crippen molar-refractivity contribution in [2.75, 3.05) is 13.2 Å². The summed E-state index contributed by atoms with van der Waals surface area (Å²) in [7, 11) is -1.05. The van der Waals surface area contributed by atoms with Gasteiger partial charge in [0.1, 0.15) is 5.75 Å². The number of ether oxygens (including phenoxy) is 4. The standard InChI is InChI=1S/C24H33F5O5Si/c1-2-3-4-5-16-14-31-21(32-15-16)8-11-35-9-6-17(7-10-35)23(30)33-18-12-19(25)22(20(26)13-18)34-24(27,28)29/h12-13,16-17,21,35H,2-11,14-15H2,1H3. The Balaban J connectivity index is 1.37. The zero-order valence-corrected chi connectivity index (χ0v) is 21.0. The van der Waals surface area contributed by atoms with E-state index in [1.54, 1.807) is 0 Å². The highest BCUT2D eigenvalue weighted by Gasteiger charge is 2.35. The highest BCUT2D eigenvalue weighted by atomic mass is 28.3. The van der Waals surface area contributed by atoms with Crippen LogP contribution in [0, 0.1) is 23.5 Å². The van der Waals surface area contributed by atoms with Crippen LogP contribution in [-0.2, 0) is 14.3 Å². The summed E-state index contributed by atoms with van der Waals surface area (Å²) < 4.78 is 84.6. The average Bonchev–Trinajstić information content (AvgIpc) is 2.81. The van der Waals surface area contributed by atoms with E-state index in [1.807, 2.05) is 0 Å². The van der Waals surface area contributed by atoms with E-state index in [4.69, 9.17) is 14.2 Å². The monoisotopic (exact) mass is 524 g/mol. The zero-order chi connectivity index (χ0) is 25.4. The Morgan fingerprint density at radius 1 is 1.06 bits per heavy atom. The second kappa shape index (κ2) is 13.0. The van der Waals surface area contributed by atoms with Gasteiger partial charge in [-0.1, -0.05) is 44.3 Å². The minimum atomic E-state index is -5.24. The Labute approximate surface area is 203 Å². The Morgan fingerprint density at radius 2 is 1.69 bits per heavy atom. The summed E-state index contributed by atoms with van der Waals surface area (Å²) in [5.74, 6) is -5.82. The van der Waals surface area contributed by atoms with Crippen molar-refractivity contribution in [3.63, 3.8) is 0 Å². The van der Waals surface area contributed by atoms with Crippen molar-refractivity contribution in [2.24, 2.45) is 11.8 Å². The van der Waals surface area contributed by atoms with Gasteiger partial charge in [0.25, 0.3) is 0 Å². The number of hydrogen-bond donors (Lipinski definition) is 0. The summed E-state index contributed by atoms with van der Waals surface area (Å²) in [6, 6.07) is 3.96. The fourth-order valence-corrected chi connectivity index (χ4v) is 8.02. The van der Waals surface area contributed by atoms with Gasteiger partial charge >= 0.3 is 12.3 Å². The first-order valence-electron chi connectivity index (χ1n) is 12.3. The molecule has 0 N–H and O–H groups in total. The molecule has 0 amide bonds. The lowest BCUT2D eigenvalue weighted by Crippen LogP contribution is -2.34. The van der Waals surface area contributed by atoms with Gasteiger partial charge in [-0.3, -0.25) is 4.79 Å². The number of unbranched alkanes of at least 4 members (excludes halogenated alkanes) is 2. The molecular weight excluding hydrogens is 491 g/mol. The van der Waals surface area contributed by atoms with Gasteiger partial charge < -0.3 is 18.9 Å². The fourth-order valence-electron chi connectivity index (χ4n) is 4.67. The highest BCUT2D eigenvalue weighted by Crippen LogP contribution is 2.34. The third-order valence-corrected chi connectivity index (χ3v) is 10.1. The summed E-state index contributed by atoms with van der Waals surface area (Å²) >= 11 is 0. The molecule has 2 saturated heterocycles. The molecule has 2 fully saturated rings. The lowest BCUT2D eigenvalue weighted by atomic mass is 10.0. The second-order valence-electron chi connectivity index (χ2n) is 9.44. The van der Waals surface area contributed by atoms with Crippen LogP contribution >= 0.6 is 0 Å². The Hall–Kier alpha value is -1.72. The molecule has 0 aliphatic carbocycles. The van der Waals surface area contributed by atoms with Crippen molar-refractivity contribution in [1.82, 2.24) is 0 Å². The number of hydrogen-bond acceptors (Lipinski definition) is 5. The molecule has 0 unspecified atom stereocenters. The summed E-state index contributed by atoms with van der Waals surface area (Å²) in [4.78, 5) is 12.4. The molecule has 3 rings (SSSR count). The maximum Gasteiger partial charge on any atom is 0.573 e. The highest BCUT2D eigenvalue weighted by molar-refractivity contribution is 6.59. The van der Waals surface area contributed by atoms with Crippen LogP contribution in [0.4, 0.5) is 22.0 Å². The van der Waals surface area contributed by atoms with Crippen LogP contribution in [0.5, 0.6) is 11.5 Å². The first-order valence-corrected chi connectivity index (χ1v) is 14.8. The molecule has 35 heavy (non-hydrogen) atoms. The van der Waals surface area contributed by atoms with E-state index in [9.17, 15) is 26.7 Å². The Kier molecular flexibility index (Phi) is 10.3. The smallest absolute Gasteiger partial charge is 0.426 e. The van der Waals surface area contributed by atoms with Crippen LogP contribution in [0.15, 0.2) is 12.1 Å². The van der Waals surface area contributed by atoms with E-state index < -0.39 is 50.2 Å². The minimum absolute atomic E-state index is 0.151. The van der Waals surface area contributed by atoms with Crippen molar-refractivity contribution in [2.45, 2.75) is 82.7 Å². The van der Waals surface area contributed by atoms with Crippen molar-refractivity contribution >= 4 is 14.8 Å². The van der Waals surface area contributed by atoms with Gasteiger partial charge in [-0.05, 0) is 25.7 Å². The molecular formula is C24H33F5O5Si. The molecule has 2 aliphatic heterocycles. The molecule has 1 aromatic rings. The lowest BCUT2D eigenvalue weighted by molar-refractivity contribution is -0.276. The lowest BCUT2D eigenvalue weighted by Gasteiger charge is -2.31. The Morgan fingerprint density at radius 3 is 2.26 bits per heavy atom. The predicted octanol–water partition coefficient (Wildman–Crippen LogP) is 6.37. The van der Waals surface area contributed by atoms with Crippen molar-refractivity contribution in [3.05, 3.63) is 23.8 Å². The number of esters is 1. The molecule has 2 heterocycles. The molecule has 0 saturated carbocycles. The molecule has 198 valence electrons. The third-order valence-electron chi connectivity index (χ3n) is 6.65. The van der Waals surface area contributed by atoms with Gasteiger partial charge in [0.05, 0.1) is 19.1 Å². The SMILES string of the molecule is CCCCCC1COC(CC[SiH]2CCC(C(=O)Oc3cc(F)c(OC(F)(F)F)c(F)c3)CC2)OC1. The molecule has 0 atom stereocenters. The molecule has 0 bridgehead atoms. The van der Waals surface area contributed by atoms with E-state index in [0.717, 1.165) is 44.2 Å². The fraction of sp³-hybridized carbons (Fsp3) is 0.708. The van der Waals surface area contributed by atoms with E-state index in [1.165, 1.54) is 19.3 Å². The normalized spacial score (nSPS) is 25.3. The molecule has 11 heteroatoms. The second-order valence-corrected chi connectivity index (χ2v) is 12.9. The number of rotatable bonds is 10. The van der Waals surface area contributed by atoms with Crippen LogP contribution in [0.1, 0.15) is 51.9 Å². The quantitative estimate of drug-likeness (QED) is 0.117. The number of carbonyl (C=O) groups is 1. The summed E-state index contributed by atoms with van der Waals surface area (Å²) in [5.41, 5.74) is 0. The molecule has 5 nitrogen and oxygen atoms in total. The third kappa shape index (κ3) is 9.02. The first-order chi connectivity index (χ1) is 16.6. The first kappa shape index (κ1) is 27.9. The molecule has 1 aromatic carbocycles. The largest absolute Gasteiger partial charge is 0.573 e. The number of carbonyl (C=O) groups excluding carboxylic acids is 1. The maximum absolute atomic E-state index is 13.8. The van der Waals surface area contributed by atoms with E-state index in [0.29, 0.717) is 30.9 Å². The van der Waals surface area contributed by atoms with Crippen molar-refractivity contribution in [1.29, 1.82) is 0 Å². The van der Waals surface area contributed by atoms with Gasteiger partial charge in [0.2, 0.25) is 5.75 Å². The number of halogens is 5. The number of alkyl halides is 3.